The van der Waals surface area contributed by atoms with Gasteiger partial charge >= 0.3 is 5.63 Å². The molecular weight excluding hydrogens is 256 g/mol. The second kappa shape index (κ2) is 5.74. The molecule has 20 heavy (non-hydrogen) atoms. The molecule has 104 valence electrons. The summed E-state index contributed by atoms with van der Waals surface area (Å²) >= 11 is 0. The molecule has 1 aromatic heterocycles. The zero-order chi connectivity index (χ0) is 14.7. The van der Waals surface area contributed by atoms with Crippen LogP contribution in [0.25, 0.3) is 0 Å². The fraction of sp³-hybridized carbons (Fsp3) is 0.250. The van der Waals surface area contributed by atoms with E-state index in [-0.39, 0.29) is 23.5 Å². The molecule has 0 spiro atoms. The average molecular weight is 272 g/mol. The average Bonchev–Trinajstić information content (AvgIpc) is 2.37. The minimum atomic E-state index is -0.599. The Morgan fingerprint density at radius 3 is 2.50 bits per heavy atom. The summed E-state index contributed by atoms with van der Waals surface area (Å²) in [5.41, 5.74) is 0.337. The number of hydrogen-bond donors (Lipinski definition) is 1. The van der Waals surface area contributed by atoms with Crippen molar-refractivity contribution in [3.8, 4) is 5.75 Å². The van der Waals surface area contributed by atoms with Gasteiger partial charge < -0.3 is 9.52 Å². The van der Waals surface area contributed by atoms with Crippen LogP contribution in [0.5, 0.6) is 5.75 Å². The molecule has 0 saturated heterocycles. The fourth-order valence-corrected chi connectivity index (χ4v) is 2.29. The van der Waals surface area contributed by atoms with Crippen LogP contribution < -0.4 is 5.63 Å². The Kier molecular flexibility index (Phi) is 4.03. The first-order valence-electron chi connectivity index (χ1n) is 6.37. The zero-order valence-corrected chi connectivity index (χ0v) is 11.4. The summed E-state index contributed by atoms with van der Waals surface area (Å²) in [6.45, 7) is 3.05. The van der Waals surface area contributed by atoms with Gasteiger partial charge in [0.2, 0.25) is 0 Å². The molecule has 0 aliphatic heterocycles. The number of benzene rings is 1. The van der Waals surface area contributed by atoms with E-state index in [4.69, 9.17) is 4.42 Å². The van der Waals surface area contributed by atoms with Gasteiger partial charge in [0.15, 0.2) is 0 Å². The molecule has 2 rings (SSSR count). The van der Waals surface area contributed by atoms with Crippen molar-refractivity contribution in [1.82, 2.24) is 0 Å². The zero-order valence-electron chi connectivity index (χ0n) is 11.4. The quantitative estimate of drug-likeness (QED) is 0.929. The molecule has 0 aliphatic carbocycles. The topological polar surface area (TPSA) is 67.5 Å². The third-order valence-electron chi connectivity index (χ3n) is 3.13. The van der Waals surface area contributed by atoms with Crippen LogP contribution in [-0.4, -0.2) is 10.9 Å². The van der Waals surface area contributed by atoms with Crippen LogP contribution in [0, 0.1) is 6.92 Å². The van der Waals surface area contributed by atoms with E-state index in [0.29, 0.717) is 5.76 Å². The highest BCUT2D eigenvalue weighted by Crippen LogP contribution is 2.32. The van der Waals surface area contributed by atoms with Gasteiger partial charge in [0.05, 0.1) is 5.56 Å². The molecule has 1 atom stereocenters. The Morgan fingerprint density at radius 2 is 1.95 bits per heavy atom. The van der Waals surface area contributed by atoms with Crippen molar-refractivity contribution in [3.05, 3.63) is 63.7 Å². The number of carbonyl (C=O) groups excluding carboxylic acids is 1. The van der Waals surface area contributed by atoms with Crippen LogP contribution in [0.3, 0.4) is 0 Å². The van der Waals surface area contributed by atoms with Crippen LogP contribution in [0.2, 0.25) is 0 Å². The van der Waals surface area contributed by atoms with E-state index < -0.39 is 11.5 Å². The Balaban J connectivity index is 2.59. The van der Waals surface area contributed by atoms with Gasteiger partial charge in [-0.2, -0.15) is 0 Å². The molecule has 0 aliphatic rings. The van der Waals surface area contributed by atoms with Crippen molar-refractivity contribution >= 4 is 5.78 Å². The lowest BCUT2D eigenvalue weighted by Crippen LogP contribution is -2.16. The number of aryl methyl sites for hydroxylation is 1. The highest BCUT2D eigenvalue weighted by molar-refractivity contribution is 5.77. The van der Waals surface area contributed by atoms with Gasteiger partial charge in [-0.05, 0) is 19.4 Å². The first kappa shape index (κ1) is 14.1. The second-order valence-electron chi connectivity index (χ2n) is 4.81. The maximum Gasteiger partial charge on any atom is 0.343 e. The van der Waals surface area contributed by atoms with Crippen LogP contribution in [-0.2, 0) is 4.79 Å². The van der Waals surface area contributed by atoms with E-state index in [2.05, 4.69) is 0 Å². The number of aromatic hydroxyl groups is 1. The lowest BCUT2D eigenvalue weighted by molar-refractivity contribution is -0.117. The molecule has 0 unspecified atom stereocenters. The van der Waals surface area contributed by atoms with Crippen LogP contribution in [0.15, 0.2) is 45.6 Å². The molecule has 0 bridgehead atoms. The van der Waals surface area contributed by atoms with Crippen LogP contribution >= 0.6 is 0 Å². The van der Waals surface area contributed by atoms with Crippen LogP contribution in [0.4, 0.5) is 0 Å². The van der Waals surface area contributed by atoms with E-state index in [0.717, 1.165) is 5.56 Å². The van der Waals surface area contributed by atoms with Gasteiger partial charge in [-0.25, -0.2) is 4.79 Å². The predicted molar refractivity (Wildman–Crippen MR) is 75.0 cm³/mol. The van der Waals surface area contributed by atoms with Crippen molar-refractivity contribution in [1.29, 1.82) is 0 Å². The SMILES string of the molecule is CC(=O)C[C@@H](c1ccccc1)c1c(O)cc(C)oc1=O. The van der Waals surface area contributed by atoms with Crippen molar-refractivity contribution in [2.75, 3.05) is 0 Å². The number of carbonyl (C=O) groups is 1. The molecule has 2 aromatic rings. The molecule has 1 heterocycles. The minimum Gasteiger partial charge on any atom is -0.507 e. The molecular formula is C16H16O4. The van der Waals surface area contributed by atoms with Gasteiger partial charge in [-0.3, -0.25) is 4.79 Å². The van der Waals surface area contributed by atoms with E-state index in [1.165, 1.54) is 13.0 Å². The van der Waals surface area contributed by atoms with Crippen molar-refractivity contribution in [2.24, 2.45) is 0 Å². The molecule has 0 radical (unpaired) electrons. The molecule has 0 amide bonds. The van der Waals surface area contributed by atoms with Gasteiger partial charge in [0, 0.05) is 18.4 Å². The van der Waals surface area contributed by atoms with Crippen LogP contribution in [0.1, 0.15) is 36.1 Å². The van der Waals surface area contributed by atoms with Gasteiger partial charge in [0.25, 0.3) is 0 Å². The van der Waals surface area contributed by atoms with E-state index in [1.807, 2.05) is 30.3 Å². The molecule has 4 heteroatoms. The highest BCUT2D eigenvalue weighted by Gasteiger charge is 2.24. The first-order valence-corrected chi connectivity index (χ1v) is 6.37. The Bertz CT molecular complexity index is 671. The molecule has 1 aromatic carbocycles. The number of hydrogen-bond acceptors (Lipinski definition) is 4. The normalized spacial score (nSPS) is 12.1. The van der Waals surface area contributed by atoms with E-state index >= 15 is 0 Å². The number of rotatable bonds is 4. The molecule has 0 fully saturated rings. The summed E-state index contributed by atoms with van der Waals surface area (Å²) in [6.07, 6.45) is 0.144. The monoisotopic (exact) mass is 272 g/mol. The maximum absolute atomic E-state index is 12.0. The lowest BCUT2D eigenvalue weighted by atomic mass is 9.87. The van der Waals surface area contributed by atoms with Gasteiger partial charge in [0.1, 0.15) is 17.3 Å². The predicted octanol–water partition coefficient (Wildman–Crippen LogP) is 2.76. The van der Waals surface area contributed by atoms with E-state index in [1.54, 1.807) is 6.92 Å². The summed E-state index contributed by atoms with van der Waals surface area (Å²) in [5, 5.41) is 10.0. The summed E-state index contributed by atoms with van der Waals surface area (Å²) < 4.78 is 5.05. The smallest absolute Gasteiger partial charge is 0.343 e. The molecule has 4 nitrogen and oxygen atoms in total. The Hall–Kier alpha value is -2.36. The summed E-state index contributed by atoms with van der Waals surface area (Å²) in [6, 6.07) is 10.6. The largest absolute Gasteiger partial charge is 0.507 e. The summed E-state index contributed by atoms with van der Waals surface area (Å²) in [5.74, 6) is -0.344. The third-order valence-corrected chi connectivity index (χ3v) is 3.13. The summed E-state index contributed by atoms with van der Waals surface area (Å²) in [4.78, 5) is 23.5. The molecule has 0 saturated carbocycles. The number of Topliss-reactive ketones (excluding diaryl/α,β-unsaturated/α-hetero) is 1. The second-order valence-corrected chi connectivity index (χ2v) is 4.81. The summed E-state index contributed by atoms with van der Waals surface area (Å²) in [7, 11) is 0. The Morgan fingerprint density at radius 1 is 1.30 bits per heavy atom. The minimum absolute atomic E-state index is 0.0572. The van der Waals surface area contributed by atoms with Crippen molar-refractivity contribution in [2.45, 2.75) is 26.2 Å². The van der Waals surface area contributed by atoms with E-state index in [9.17, 15) is 14.7 Å². The van der Waals surface area contributed by atoms with Gasteiger partial charge in [-0.1, -0.05) is 30.3 Å². The highest BCUT2D eigenvalue weighted by atomic mass is 16.4. The third kappa shape index (κ3) is 2.96. The Labute approximate surface area is 116 Å². The van der Waals surface area contributed by atoms with Crippen molar-refractivity contribution < 1.29 is 14.3 Å². The molecule has 1 N–H and O–H groups in total. The van der Waals surface area contributed by atoms with Crippen molar-refractivity contribution in [3.63, 3.8) is 0 Å². The fourth-order valence-electron chi connectivity index (χ4n) is 2.29. The first-order chi connectivity index (χ1) is 9.49. The number of ketones is 1. The maximum atomic E-state index is 12.0. The van der Waals surface area contributed by atoms with Gasteiger partial charge in [-0.15, -0.1) is 0 Å². The standard InChI is InChI=1S/C16H16O4/c1-10(17)8-13(12-6-4-3-5-7-12)15-14(18)9-11(2)20-16(15)19/h3-7,9,13,18H,8H2,1-2H3/t13-/m0/s1. The lowest BCUT2D eigenvalue weighted by Gasteiger charge is -2.16.